The summed E-state index contributed by atoms with van der Waals surface area (Å²) >= 11 is 1.42. The lowest BCUT2D eigenvalue weighted by atomic mass is 10.3. The van der Waals surface area contributed by atoms with Crippen LogP contribution in [0.4, 0.5) is 5.69 Å². The summed E-state index contributed by atoms with van der Waals surface area (Å²) in [5.41, 5.74) is 5.05. The van der Waals surface area contributed by atoms with Crippen LogP contribution in [0.5, 0.6) is 0 Å². The van der Waals surface area contributed by atoms with Crippen molar-refractivity contribution in [3.8, 4) is 0 Å². The molecule has 6 nitrogen and oxygen atoms in total. The first kappa shape index (κ1) is 13.0. The average Bonchev–Trinajstić information content (AvgIpc) is 2.89. The maximum atomic E-state index is 12.1. The van der Waals surface area contributed by atoms with Crippen molar-refractivity contribution in [1.82, 2.24) is 9.71 Å². The zero-order valence-corrected chi connectivity index (χ0v) is 11.0. The Kier molecular flexibility index (Phi) is 3.92. The molecule has 0 fully saturated rings. The number of anilines is 1. The summed E-state index contributed by atoms with van der Waals surface area (Å²) < 4.78 is 26.6. The lowest BCUT2D eigenvalue weighted by Gasteiger charge is -2.09. The first-order valence-electron chi connectivity index (χ1n) is 5.06. The van der Waals surface area contributed by atoms with Crippen LogP contribution in [0.1, 0.15) is 5.69 Å². The highest BCUT2D eigenvalue weighted by Gasteiger charge is 2.17. The third-order valence-electron chi connectivity index (χ3n) is 2.26. The van der Waals surface area contributed by atoms with Crippen LogP contribution in [0, 0.1) is 0 Å². The SMILES string of the molecule is NNc1ccccc1S(=O)(=O)NCc1cscn1. The highest BCUT2D eigenvalue weighted by molar-refractivity contribution is 7.89. The second-order valence-electron chi connectivity index (χ2n) is 3.44. The first-order chi connectivity index (χ1) is 8.63. The molecule has 8 heteroatoms. The van der Waals surface area contributed by atoms with Gasteiger partial charge in [-0.05, 0) is 12.1 Å². The lowest BCUT2D eigenvalue weighted by molar-refractivity contribution is 0.581. The van der Waals surface area contributed by atoms with E-state index in [-0.39, 0.29) is 11.4 Å². The standard InChI is InChI=1S/C10H12N4O2S2/c11-14-9-3-1-2-4-10(9)18(15,16)13-5-8-6-17-7-12-8/h1-4,6-7,13-14H,5,11H2. The number of sulfonamides is 1. The highest BCUT2D eigenvalue weighted by Crippen LogP contribution is 2.19. The van der Waals surface area contributed by atoms with E-state index in [2.05, 4.69) is 15.1 Å². The molecule has 2 rings (SSSR count). The van der Waals surface area contributed by atoms with Crippen LogP contribution < -0.4 is 16.0 Å². The van der Waals surface area contributed by atoms with E-state index in [0.29, 0.717) is 11.4 Å². The smallest absolute Gasteiger partial charge is 0.243 e. The number of benzene rings is 1. The first-order valence-corrected chi connectivity index (χ1v) is 7.48. The molecule has 0 spiro atoms. The molecule has 1 aromatic carbocycles. The number of nitrogens with one attached hydrogen (secondary N) is 2. The summed E-state index contributed by atoms with van der Waals surface area (Å²) in [5.74, 6) is 5.29. The Morgan fingerprint density at radius 3 is 2.78 bits per heavy atom. The van der Waals surface area contributed by atoms with E-state index < -0.39 is 10.0 Å². The minimum Gasteiger partial charge on any atom is -0.323 e. The van der Waals surface area contributed by atoms with Gasteiger partial charge in [-0.25, -0.2) is 18.1 Å². The molecule has 2 aromatic rings. The fourth-order valence-corrected chi connectivity index (χ4v) is 3.12. The Morgan fingerprint density at radius 1 is 1.33 bits per heavy atom. The van der Waals surface area contributed by atoms with Crippen molar-refractivity contribution in [2.45, 2.75) is 11.4 Å². The van der Waals surface area contributed by atoms with Crippen molar-refractivity contribution in [2.75, 3.05) is 5.43 Å². The molecule has 0 unspecified atom stereocenters. The van der Waals surface area contributed by atoms with Gasteiger partial charge in [0.25, 0.3) is 0 Å². The van der Waals surface area contributed by atoms with Gasteiger partial charge in [-0.1, -0.05) is 12.1 Å². The molecule has 0 saturated carbocycles. The van der Waals surface area contributed by atoms with Crippen molar-refractivity contribution in [1.29, 1.82) is 0 Å². The number of thiazole rings is 1. The Labute approximate surface area is 109 Å². The zero-order chi connectivity index (χ0) is 13.0. The number of aromatic nitrogens is 1. The lowest BCUT2D eigenvalue weighted by Crippen LogP contribution is -2.25. The summed E-state index contributed by atoms with van der Waals surface area (Å²) in [5, 5.41) is 1.79. The number of rotatable bonds is 5. The van der Waals surface area contributed by atoms with Crippen LogP contribution in [-0.4, -0.2) is 13.4 Å². The normalized spacial score (nSPS) is 11.4. The Morgan fingerprint density at radius 2 is 2.11 bits per heavy atom. The zero-order valence-electron chi connectivity index (χ0n) is 9.33. The van der Waals surface area contributed by atoms with Gasteiger partial charge < -0.3 is 5.43 Å². The Bertz CT molecular complexity index is 611. The second-order valence-corrected chi connectivity index (χ2v) is 5.90. The van der Waals surface area contributed by atoms with E-state index in [0.717, 1.165) is 0 Å². The van der Waals surface area contributed by atoms with E-state index in [9.17, 15) is 8.42 Å². The fourth-order valence-electron chi connectivity index (χ4n) is 1.39. The molecular weight excluding hydrogens is 272 g/mol. The number of hydrazine groups is 1. The van der Waals surface area contributed by atoms with Gasteiger partial charge in [0.1, 0.15) is 4.90 Å². The summed E-state index contributed by atoms with van der Waals surface area (Å²) in [7, 11) is -3.61. The predicted octanol–water partition coefficient (Wildman–Crippen LogP) is 0.907. The number of nitrogens with zero attached hydrogens (tertiary/aromatic N) is 1. The van der Waals surface area contributed by atoms with Gasteiger partial charge in [0.2, 0.25) is 10.0 Å². The molecule has 1 heterocycles. The van der Waals surface area contributed by atoms with E-state index in [1.807, 2.05) is 0 Å². The third-order valence-corrected chi connectivity index (χ3v) is 4.35. The molecule has 0 atom stereocenters. The number of hydrogen-bond acceptors (Lipinski definition) is 6. The minimum absolute atomic E-state index is 0.114. The summed E-state index contributed by atoms with van der Waals surface area (Å²) in [6, 6.07) is 6.42. The average molecular weight is 284 g/mol. The topological polar surface area (TPSA) is 97.1 Å². The molecule has 0 radical (unpaired) electrons. The van der Waals surface area contributed by atoms with Crippen LogP contribution in [-0.2, 0) is 16.6 Å². The van der Waals surface area contributed by atoms with E-state index in [1.54, 1.807) is 29.1 Å². The van der Waals surface area contributed by atoms with Crippen LogP contribution in [0.15, 0.2) is 40.1 Å². The molecule has 0 aliphatic carbocycles. The van der Waals surface area contributed by atoms with Crippen molar-refractivity contribution in [3.63, 3.8) is 0 Å². The van der Waals surface area contributed by atoms with Gasteiger partial charge in [0.15, 0.2) is 0 Å². The van der Waals surface area contributed by atoms with Gasteiger partial charge >= 0.3 is 0 Å². The van der Waals surface area contributed by atoms with Crippen LogP contribution >= 0.6 is 11.3 Å². The van der Waals surface area contributed by atoms with E-state index >= 15 is 0 Å². The molecule has 96 valence electrons. The van der Waals surface area contributed by atoms with Crippen molar-refractivity contribution < 1.29 is 8.42 Å². The van der Waals surface area contributed by atoms with Gasteiger partial charge in [-0.3, -0.25) is 5.84 Å². The van der Waals surface area contributed by atoms with Crippen molar-refractivity contribution in [2.24, 2.45) is 5.84 Å². The Hall–Kier alpha value is -1.48. The molecule has 0 bridgehead atoms. The van der Waals surface area contributed by atoms with E-state index in [1.165, 1.54) is 17.4 Å². The molecule has 0 aliphatic heterocycles. The molecule has 1 aromatic heterocycles. The quantitative estimate of drug-likeness (QED) is 0.560. The predicted molar refractivity (Wildman–Crippen MR) is 70.4 cm³/mol. The Balaban J connectivity index is 2.20. The van der Waals surface area contributed by atoms with Gasteiger partial charge in [0.05, 0.1) is 23.4 Å². The number of nitrogens with two attached hydrogens (primary N) is 1. The molecule has 0 amide bonds. The van der Waals surface area contributed by atoms with Gasteiger partial charge in [-0.15, -0.1) is 11.3 Å². The summed E-state index contributed by atoms with van der Waals surface area (Å²) in [4.78, 5) is 4.12. The van der Waals surface area contributed by atoms with Crippen LogP contribution in [0.2, 0.25) is 0 Å². The molecule has 0 aliphatic rings. The highest BCUT2D eigenvalue weighted by atomic mass is 32.2. The monoisotopic (exact) mass is 284 g/mol. The van der Waals surface area contributed by atoms with Crippen LogP contribution in [0.3, 0.4) is 0 Å². The van der Waals surface area contributed by atoms with Crippen molar-refractivity contribution >= 4 is 27.0 Å². The maximum absolute atomic E-state index is 12.1. The fraction of sp³-hybridized carbons (Fsp3) is 0.100. The number of nitrogen functional groups attached to an aromatic ring is 1. The largest absolute Gasteiger partial charge is 0.323 e. The summed E-state index contributed by atoms with van der Waals surface area (Å²) in [6.07, 6.45) is 0. The number of hydrogen-bond donors (Lipinski definition) is 3. The molecule has 18 heavy (non-hydrogen) atoms. The van der Waals surface area contributed by atoms with Crippen molar-refractivity contribution in [3.05, 3.63) is 40.8 Å². The molecule has 4 N–H and O–H groups in total. The number of para-hydroxylation sites is 1. The summed E-state index contributed by atoms with van der Waals surface area (Å²) in [6.45, 7) is 0.157. The molecule has 0 saturated heterocycles. The van der Waals surface area contributed by atoms with Gasteiger partial charge in [0, 0.05) is 5.38 Å². The maximum Gasteiger partial charge on any atom is 0.243 e. The molecular formula is C10H12N4O2S2. The second kappa shape index (κ2) is 5.44. The van der Waals surface area contributed by atoms with Gasteiger partial charge in [-0.2, -0.15) is 0 Å². The third kappa shape index (κ3) is 2.85. The van der Waals surface area contributed by atoms with Crippen LogP contribution in [0.25, 0.3) is 0 Å². The van der Waals surface area contributed by atoms with E-state index in [4.69, 9.17) is 5.84 Å². The minimum atomic E-state index is -3.61.